The van der Waals surface area contributed by atoms with E-state index in [0.717, 1.165) is 25.9 Å². The Bertz CT molecular complexity index is 944. The molecule has 0 aliphatic carbocycles. The molecule has 0 aromatic carbocycles. The van der Waals surface area contributed by atoms with Crippen molar-refractivity contribution in [2.24, 2.45) is 11.8 Å². The summed E-state index contributed by atoms with van der Waals surface area (Å²) >= 11 is 0. The summed E-state index contributed by atoms with van der Waals surface area (Å²) in [5, 5.41) is 2.79. The number of sulfonamides is 1. The summed E-state index contributed by atoms with van der Waals surface area (Å²) in [5.41, 5.74) is 0.158. The van der Waals surface area contributed by atoms with Gasteiger partial charge in [0.15, 0.2) is 0 Å². The standard InChI is InChI=1S/C21H33N5O5S/c1-15(13-25-7-3-5-19(25)27)10-23-21(29)18-9-17(12-22-18)32(30,31)24-11-16(2)14-26-8-4-6-20(26)28/h9,12,15-16,22,24H,3-8,10-11,13-14H2,1-2H3,(H,23,29)/t15-,16-/m0/s1. The zero-order valence-corrected chi connectivity index (χ0v) is 19.5. The van der Waals surface area contributed by atoms with Gasteiger partial charge in [0.05, 0.1) is 0 Å². The van der Waals surface area contributed by atoms with Gasteiger partial charge in [-0.2, -0.15) is 0 Å². The maximum atomic E-state index is 12.6. The normalized spacial score (nSPS) is 18.9. The van der Waals surface area contributed by atoms with E-state index in [-0.39, 0.29) is 40.8 Å². The van der Waals surface area contributed by atoms with E-state index in [1.165, 1.54) is 12.3 Å². The number of nitrogens with one attached hydrogen (secondary N) is 3. The highest BCUT2D eigenvalue weighted by Crippen LogP contribution is 2.15. The van der Waals surface area contributed by atoms with Crippen molar-refractivity contribution in [3.05, 3.63) is 18.0 Å². The van der Waals surface area contributed by atoms with Crippen LogP contribution in [0.15, 0.2) is 17.2 Å². The summed E-state index contributed by atoms with van der Waals surface area (Å²) in [4.78, 5) is 42.1. The molecule has 0 spiro atoms. The van der Waals surface area contributed by atoms with Crippen molar-refractivity contribution in [3.8, 4) is 0 Å². The van der Waals surface area contributed by atoms with Crippen LogP contribution >= 0.6 is 0 Å². The number of rotatable bonds is 11. The predicted molar refractivity (Wildman–Crippen MR) is 118 cm³/mol. The van der Waals surface area contributed by atoms with Crippen LogP contribution in [0.5, 0.6) is 0 Å². The van der Waals surface area contributed by atoms with Gasteiger partial charge in [-0.25, -0.2) is 13.1 Å². The molecule has 11 heteroatoms. The van der Waals surface area contributed by atoms with Crippen molar-refractivity contribution in [1.29, 1.82) is 0 Å². The molecule has 0 bridgehead atoms. The Labute approximate surface area is 189 Å². The van der Waals surface area contributed by atoms with E-state index in [9.17, 15) is 22.8 Å². The molecule has 178 valence electrons. The van der Waals surface area contributed by atoms with Crippen LogP contribution in [0, 0.1) is 11.8 Å². The van der Waals surface area contributed by atoms with Gasteiger partial charge in [0.1, 0.15) is 10.6 Å². The van der Waals surface area contributed by atoms with Crippen LogP contribution in [-0.4, -0.2) is 80.2 Å². The second-order valence-corrected chi connectivity index (χ2v) is 10.7. The Kier molecular flexibility index (Phi) is 7.94. The summed E-state index contributed by atoms with van der Waals surface area (Å²) in [6.45, 7) is 7.02. The molecule has 2 atom stereocenters. The van der Waals surface area contributed by atoms with Crippen LogP contribution in [-0.2, 0) is 19.6 Å². The highest BCUT2D eigenvalue weighted by Gasteiger charge is 2.24. The number of hydrogen-bond acceptors (Lipinski definition) is 5. The summed E-state index contributed by atoms with van der Waals surface area (Å²) < 4.78 is 27.7. The number of aromatic nitrogens is 1. The lowest BCUT2D eigenvalue weighted by atomic mass is 10.1. The third kappa shape index (κ3) is 6.32. The lowest BCUT2D eigenvalue weighted by molar-refractivity contribution is -0.128. The Morgan fingerprint density at radius 3 is 2.12 bits per heavy atom. The summed E-state index contributed by atoms with van der Waals surface area (Å²) in [6, 6.07) is 1.31. The molecule has 2 fully saturated rings. The monoisotopic (exact) mass is 467 g/mol. The van der Waals surface area contributed by atoms with Crippen molar-refractivity contribution < 1.29 is 22.8 Å². The number of H-pyrrole nitrogens is 1. The number of likely N-dealkylation sites (tertiary alicyclic amines) is 2. The molecule has 0 radical (unpaired) electrons. The number of carbonyl (C=O) groups is 3. The van der Waals surface area contributed by atoms with Crippen molar-refractivity contribution in [2.45, 2.75) is 44.4 Å². The summed E-state index contributed by atoms with van der Waals surface area (Å²) in [5.74, 6) is -0.0760. The molecule has 3 rings (SSSR count). The second kappa shape index (κ2) is 10.5. The van der Waals surface area contributed by atoms with Crippen LogP contribution in [0.4, 0.5) is 0 Å². The van der Waals surface area contributed by atoms with Gasteiger partial charge >= 0.3 is 0 Å². The molecule has 3 amide bonds. The smallest absolute Gasteiger partial charge is 0.267 e. The van der Waals surface area contributed by atoms with Crippen LogP contribution < -0.4 is 10.0 Å². The molecule has 0 saturated carbocycles. The van der Waals surface area contributed by atoms with Gasteiger partial charge in [0.2, 0.25) is 21.8 Å². The van der Waals surface area contributed by atoms with Crippen molar-refractivity contribution in [3.63, 3.8) is 0 Å². The minimum atomic E-state index is -3.78. The molecule has 2 aliphatic heterocycles. The Morgan fingerprint density at radius 1 is 1.03 bits per heavy atom. The van der Waals surface area contributed by atoms with E-state index in [2.05, 4.69) is 15.0 Å². The van der Waals surface area contributed by atoms with Crippen molar-refractivity contribution in [1.82, 2.24) is 24.8 Å². The maximum absolute atomic E-state index is 12.6. The topological polar surface area (TPSA) is 132 Å². The lowest BCUT2D eigenvalue weighted by Gasteiger charge is -2.21. The lowest BCUT2D eigenvalue weighted by Crippen LogP contribution is -2.36. The number of hydrogen-bond donors (Lipinski definition) is 3. The zero-order chi connectivity index (χ0) is 23.3. The van der Waals surface area contributed by atoms with Gasteiger partial charge in [0, 0.05) is 58.3 Å². The van der Waals surface area contributed by atoms with Gasteiger partial charge in [-0.05, 0) is 30.7 Å². The first-order valence-electron chi connectivity index (χ1n) is 11.2. The van der Waals surface area contributed by atoms with Gasteiger partial charge in [0.25, 0.3) is 5.91 Å². The van der Waals surface area contributed by atoms with E-state index >= 15 is 0 Å². The van der Waals surface area contributed by atoms with Gasteiger partial charge in [-0.1, -0.05) is 13.8 Å². The second-order valence-electron chi connectivity index (χ2n) is 8.91. The average molecular weight is 468 g/mol. The van der Waals surface area contributed by atoms with E-state index in [1.54, 1.807) is 4.90 Å². The number of nitrogens with zero attached hydrogens (tertiary/aromatic N) is 2. The quantitative estimate of drug-likeness (QED) is 0.437. The van der Waals surface area contributed by atoms with E-state index in [0.29, 0.717) is 32.5 Å². The minimum Gasteiger partial charge on any atom is -0.356 e. The number of aromatic amines is 1. The Hall–Kier alpha value is -2.40. The molecule has 2 aliphatic rings. The molecule has 1 aromatic rings. The number of amides is 3. The molecular weight excluding hydrogens is 434 g/mol. The van der Waals surface area contributed by atoms with Crippen LogP contribution in [0.3, 0.4) is 0 Å². The minimum absolute atomic E-state index is 0.0113. The maximum Gasteiger partial charge on any atom is 0.267 e. The largest absolute Gasteiger partial charge is 0.356 e. The van der Waals surface area contributed by atoms with Gasteiger partial charge < -0.3 is 20.1 Å². The fourth-order valence-electron chi connectivity index (χ4n) is 4.03. The SMILES string of the molecule is C[C@@H](CNC(=O)c1cc(S(=O)(=O)NC[C@H](C)CN2CCCC2=O)c[nH]1)CN1CCCC1=O. The van der Waals surface area contributed by atoms with Gasteiger partial charge in [-0.3, -0.25) is 14.4 Å². The van der Waals surface area contributed by atoms with Crippen LogP contribution in [0.25, 0.3) is 0 Å². The third-order valence-corrected chi connectivity index (χ3v) is 7.25. The Balaban J connectivity index is 1.46. The average Bonchev–Trinajstić information content (AvgIpc) is 3.48. The third-order valence-electron chi connectivity index (χ3n) is 5.85. The molecular formula is C21H33N5O5S. The van der Waals surface area contributed by atoms with Crippen molar-refractivity contribution in [2.75, 3.05) is 39.3 Å². The van der Waals surface area contributed by atoms with Crippen LogP contribution in [0.1, 0.15) is 50.0 Å². The first-order chi connectivity index (χ1) is 15.2. The summed E-state index contributed by atoms with van der Waals surface area (Å²) in [6.07, 6.45) is 4.16. The Morgan fingerprint density at radius 2 is 1.59 bits per heavy atom. The zero-order valence-electron chi connectivity index (χ0n) is 18.7. The van der Waals surface area contributed by atoms with E-state index < -0.39 is 15.9 Å². The number of carbonyl (C=O) groups excluding carboxylic acids is 3. The molecule has 3 N–H and O–H groups in total. The molecule has 3 heterocycles. The molecule has 2 saturated heterocycles. The van der Waals surface area contributed by atoms with Gasteiger partial charge in [-0.15, -0.1) is 0 Å². The first kappa shape index (κ1) is 24.2. The predicted octanol–water partition coefficient (Wildman–Crippen LogP) is 0.540. The highest BCUT2D eigenvalue weighted by atomic mass is 32.2. The molecule has 10 nitrogen and oxygen atoms in total. The van der Waals surface area contributed by atoms with E-state index in [4.69, 9.17) is 0 Å². The fourth-order valence-corrected chi connectivity index (χ4v) is 5.19. The highest BCUT2D eigenvalue weighted by molar-refractivity contribution is 7.89. The van der Waals surface area contributed by atoms with Crippen LogP contribution in [0.2, 0.25) is 0 Å². The fraction of sp³-hybridized carbons (Fsp3) is 0.667. The first-order valence-corrected chi connectivity index (χ1v) is 12.7. The molecule has 32 heavy (non-hydrogen) atoms. The molecule has 0 unspecified atom stereocenters. The van der Waals surface area contributed by atoms with Crippen molar-refractivity contribution >= 4 is 27.7 Å². The van der Waals surface area contributed by atoms with E-state index in [1.807, 2.05) is 18.7 Å². The molecule has 1 aromatic heterocycles. The summed E-state index contributed by atoms with van der Waals surface area (Å²) in [7, 11) is -3.78.